The molecule has 1 atom stereocenters. The molecule has 0 aliphatic carbocycles. The maximum absolute atomic E-state index is 12.8. The third-order valence-corrected chi connectivity index (χ3v) is 3.53. The molecule has 1 aromatic rings. The molecule has 1 aliphatic rings. The van der Waals surface area contributed by atoms with Crippen LogP contribution >= 0.6 is 0 Å². The average molecular weight is 304 g/mol. The van der Waals surface area contributed by atoms with E-state index >= 15 is 0 Å². The highest BCUT2D eigenvalue weighted by Gasteiger charge is 2.43. The summed E-state index contributed by atoms with van der Waals surface area (Å²) >= 11 is 0. The lowest BCUT2D eigenvalue weighted by Gasteiger charge is -2.33. The number of aliphatic carboxylic acids is 1. The fraction of sp³-hybridized carbons (Fsp3) is 0.538. The molecule has 1 aromatic heterocycles. The van der Waals surface area contributed by atoms with E-state index in [-0.39, 0.29) is 31.6 Å². The summed E-state index contributed by atoms with van der Waals surface area (Å²) in [6.07, 6.45) is -2.59. The molecular weight excluding hydrogens is 289 g/mol. The first kappa shape index (κ1) is 15.4. The molecule has 116 valence electrons. The summed E-state index contributed by atoms with van der Waals surface area (Å²) in [4.78, 5) is 24.1. The number of carboxylic acid groups (broad SMARTS) is 1. The molecule has 1 N–H and O–H groups in total. The standard InChI is InChI=1S/C13H15F3N2O3/c14-13(15,16)9-3-1-6-18(7-9)12(21)10-4-2-5-17(10)8-11(19)20/h2,4-5,9H,1,3,6-8H2,(H,19,20). The number of aromatic nitrogens is 1. The number of halogens is 3. The van der Waals surface area contributed by atoms with Gasteiger partial charge in [-0.25, -0.2) is 0 Å². The number of carbonyl (C=O) groups is 2. The number of carbonyl (C=O) groups excluding carboxylic acids is 1. The first-order valence-corrected chi connectivity index (χ1v) is 6.52. The number of amides is 1. The van der Waals surface area contributed by atoms with Crippen LogP contribution in [0, 0.1) is 5.92 Å². The minimum atomic E-state index is -4.32. The molecule has 0 saturated carbocycles. The first-order chi connectivity index (χ1) is 9.79. The van der Waals surface area contributed by atoms with Crippen molar-refractivity contribution in [3.8, 4) is 0 Å². The molecule has 2 heterocycles. The fourth-order valence-corrected chi connectivity index (χ4v) is 2.48. The minimum absolute atomic E-state index is 0.0173. The molecule has 8 heteroatoms. The van der Waals surface area contributed by atoms with Gasteiger partial charge >= 0.3 is 12.1 Å². The van der Waals surface area contributed by atoms with E-state index in [4.69, 9.17) is 5.11 Å². The van der Waals surface area contributed by atoms with E-state index in [0.29, 0.717) is 0 Å². The van der Waals surface area contributed by atoms with Gasteiger partial charge in [0.15, 0.2) is 0 Å². The van der Waals surface area contributed by atoms with Crippen LogP contribution in [0.3, 0.4) is 0 Å². The van der Waals surface area contributed by atoms with E-state index in [9.17, 15) is 22.8 Å². The molecule has 0 bridgehead atoms. The van der Waals surface area contributed by atoms with Crippen LogP contribution in [0.1, 0.15) is 23.3 Å². The van der Waals surface area contributed by atoms with Gasteiger partial charge in [0.05, 0.1) is 5.92 Å². The van der Waals surface area contributed by atoms with Gasteiger partial charge in [0.25, 0.3) is 5.91 Å². The molecule has 0 aromatic carbocycles. The molecule has 1 saturated heterocycles. The normalized spacial score (nSPS) is 19.6. The van der Waals surface area contributed by atoms with Crippen LogP contribution < -0.4 is 0 Å². The van der Waals surface area contributed by atoms with Crippen LogP contribution in [0.15, 0.2) is 18.3 Å². The maximum Gasteiger partial charge on any atom is 0.393 e. The highest BCUT2D eigenvalue weighted by Crippen LogP contribution is 2.33. The van der Waals surface area contributed by atoms with Gasteiger partial charge in [-0.2, -0.15) is 13.2 Å². The molecule has 2 rings (SSSR count). The van der Waals surface area contributed by atoms with E-state index in [0.717, 1.165) is 4.90 Å². The van der Waals surface area contributed by atoms with Crippen LogP contribution in [0.4, 0.5) is 13.2 Å². The molecule has 5 nitrogen and oxygen atoms in total. The Kier molecular flexibility index (Phi) is 4.24. The van der Waals surface area contributed by atoms with Gasteiger partial charge in [0, 0.05) is 19.3 Å². The molecule has 1 aliphatic heterocycles. The van der Waals surface area contributed by atoms with Gasteiger partial charge in [0.1, 0.15) is 12.2 Å². The monoisotopic (exact) mass is 304 g/mol. The number of rotatable bonds is 3. The van der Waals surface area contributed by atoms with Gasteiger partial charge in [-0.3, -0.25) is 9.59 Å². The fourth-order valence-electron chi connectivity index (χ4n) is 2.48. The molecule has 21 heavy (non-hydrogen) atoms. The Morgan fingerprint density at radius 3 is 2.71 bits per heavy atom. The van der Waals surface area contributed by atoms with Crippen LogP contribution in [-0.4, -0.2) is 45.7 Å². The first-order valence-electron chi connectivity index (χ1n) is 6.52. The number of piperidine rings is 1. The van der Waals surface area contributed by atoms with E-state index < -0.39 is 30.5 Å². The van der Waals surface area contributed by atoms with E-state index in [1.807, 2.05) is 0 Å². The summed E-state index contributed by atoms with van der Waals surface area (Å²) in [5, 5.41) is 8.76. The van der Waals surface area contributed by atoms with Crippen LogP contribution in [0.25, 0.3) is 0 Å². The summed E-state index contributed by atoms with van der Waals surface area (Å²) in [6, 6.07) is 2.92. The molecule has 0 radical (unpaired) electrons. The highest BCUT2D eigenvalue weighted by atomic mass is 19.4. The van der Waals surface area contributed by atoms with Gasteiger partial charge in [0.2, 0.25) is 0 Å². The van der Waals surface area contributed by atoms with Crippen molar-refractivity contribution >= 4 is 11.9 Å². The molecule has 0 spiro atoms. The Morgan fingerprint density at radius 2 is 2.10 bits per heavy atom. The molecule has 1 fully saturated rings. The Morgan fingerprint density at radius 1 is 1.38 bits per heavy atom. The van der Waals surface area contributed by atoms with Gasteiger partial charge in [-0.1, -0.05) is 0 Å². The van der Waals surface area contributed by atoms with Crippen LogP contribution in [-0.2, 0) is 11.3 Å². The zero-order valence-corrected chi connectivity index (χ0v) is 11.1. The van der Waals surface area contributed by atoms with Crippen molar-refractivity contribution in [1.82, 2.24) is 9.47 Å². The Labute approximate surface area is 119 Å². The summed E-state index contributed by atoms with van der Waals surface area (Å²) in [5.41, 5.74) is 0.0974. The number of carboxylic acids is 1. The van der Waals surface area contributed by atoms with Crippen LogP contribution in [0.2, 0.25) is 0 Å². The molecule has 1 unspecified atom stereocenters. The van der Waals surface area contributed by atoms with Crippen molar-refractivity contribution in [3.63, 3.8) is 0 Å². The van der Waals surface area contributed by atoms with Gasteiger partial charge < -0.3 is 14.6 Å². The Hall–Kier alpha value is -1.99. The van der Waals surface area contributed by atoms with E-state index in [1.165, 1.54) is 22.9 Å². The third kappa shape index (κ3) is 3.56. The Bertz CT molecular complexity index is 539. The summed E-state index contributed by atoms with van der Waals surface area (Å²) < 4.78 is 39.5. The van der Waals surface area contributed by atoms with Crippen molar-refractivity contribution < 1.29 is 27.9 Å². The zero-order chi connectivity index (χ0) is 15.6. The SMILES string of the molecule is O=C(O)Cn1cccc1C(=O)N1CCCC(C(F)(F)F)C1. The summed E-state index contributed by atoms with van der Waals surface area (Å²) in [7, 11) is 0. The van der Waals surface area contributed by atoms with Gasteiger partial charge in [-0.15, -0.1) is 0 Å². The predicted octanol–water partition coefficient (Wildman–Crippen LogP) is 1.99. The smallest absolute Gasteiger partial charge is 0.393 e. The molecule has 1 amide bonds. The van der Waals surface area contributed by atoms with Crippen LogP contribution in [0.5, 0.6) is 0 Å². The zero-order valence-electron chi connectivity index (χ0n) is 11.1. The lowest BCUT2D eigenvalue weighted by molar-refractivity contribution is -0.184. The van der Waals surface area contributed by atoms with Crippen molar-refractivity contribution in [1.29, 1.82) is 0 Å². The molecular formula is C13H15F3N2O3. The maximum atomic E-state index is 12.8. The van der Waals surface area contributed by atoms with E-state index in [2.05, 4.69) is 0 Å². The third-order valence-electron chi connectivity index (χ3n) is 3.53. The number of hydrogen-bond donors (Lipinski definition) is 1. The number of nitrogens with zero attached hydrogens (tertiary/aromatic N) is 2. The Balaban J connectivity index is 2.13. The second-order valence-electron chi connectivity index (χ2n) is 5.05. The van der Waals surface area contributed by atoms with Crippen molar-refractivity contribution in [2.75, 3.05) is 13.1 Å². The predicted molar refractivity (Wildman–Crippen MR) is 66.8 cm³/mol. The van der Waals surface area contributed by atoms with Gasteiger partial charge in [-0.05, 0) is 25.0 Å². The lowest BCUT2D eigenvalue weighted by atomic mass is 9.97. The summed E-state index contributed by atoms with van der Waals surface area (Å²) in [5.74, 6) is -3.19. The quantitative estimate of drug-likeness (QED) is 0.929. The number of hydrogen-bond acceptors (Lipinski definition) is 2. The second-order valence-corrected chi connectivity index (χ2v) is 5.05. The number of likely N-dealkylation sites (tertiary alicyclic amines) is 1. The lowest BCUT2D eigenvalue weighted by Crippen LogP contribution is -2.45. The number of alkyl halides is 3. The van der Waals surface area contributed by atoms with Crippen molar-refractivity contribution in [2.24, 2.45) is 5.92 Å². The topological polar surface area (TPSA) is 62.5 Å². The van der Waals surface area contributed by atoms with Crippen molar-refractivity contribution in [2.45, 2.75) is 25.6 Å². The highest BCUT2D eigenvalue weighted by molar-refractivity contribution is 5.93. The van der Waals surface area contributed by atoms with E-state index in [1.54, 1.807) is 0 Å². The average Bonchev–Trinajstić information content (AvgIpc) is 2.84. The minimum Gasteiger partial charge on any atom is -0.480 e. The largest absolute Gasteiger partial charge is 0.480 e. The summed E-state index contributed by atoms with van der Waals surface area (Å²) in [6.45, 7) is -0.519. The van der Waals surface area contributed by atoms with Crippen molar-refractivity contribution in [3.05, 3.63) is 24.0 Å². The second kappa shape index (κ2) is 5.79.